The van der Waals surface area contributed by atoms with Crippen LogP contribution in [0.15, 0.2) is 48.5 Å². The van der Waals surface area contributed by atoms with Gasteiger partial charge in [-0.15, -0.1) is 0 Å². The van der Waals surface area contributed by atoms with Crippen LogP contribution in [0.1, 0.15) is 55.2 Å². The summed E-state index contributed by atoms with van der Waals surface area (Å²) in [7, 11) is 1.56. The maximum absolute atomic E-state index is 12.2. The first-order chi connectivity index (χ1) is 14.6. The molecule has 2 aromatic carbocycles. The van der Waals surface area contributed by atoms with E-state index in [1.807, 2.05) is 37.3 Å². The third kappa shape index (κ3) is 7.13. The van der Waals surface area contributed by atoms with Crippen LogP contribution in [0.3, 0.4) is 0 Å². The van der Waals surface area contributed by atoms with E-state index in [0.717, 1.165) is 11.1 Å². The van der Waals surface area contributed by atoms with Crippen molar-refractivity contribution < 1.29 is 23.9 Å². The minimum atomic E-state index is -0.695. The van der Waals surface area contributed by atoms with Gasteiger partial charge in [-0.2, -0.15) is 0 Å². The number of amides is 2. The Morgan fingerprint density at radius 3 is 2.26 bits per heavy atom. The molecular weight excluding hydrogens is 396 g/mol. The zero-order chi connectivity index (χ0) is 23.0. The molecule has 2 amide bonds. The molecule has 0 radical (unpaired) electrons. The SMILES string of the molecule is COc1ccccc1C(C)NC(=O)COC(=O)CNC(=O)c1ccc(C(C)(C)C)cc1. The third-order valence-corrected chi connectivity index (χ3v) is 4.75. The van der Waals surface area contributed by atoms with Crippen molar-refractivity contribution in [2.45, 2.75) is 39.2 Å². The summed E-state index contributed by atoms with van der Waals surface area (Å²) >= 11 is 0. The molecule has 0 saturated carbocycles. The summed E-state index contributed by atoms with van der Waals surface area (Å²) in [5.41, 5.74) is 2.36. The highest BCUT2D eigenvalue weighted by Gasteiger charge is 2.17. The van der Waals surface area contributed by atoms with Crippen LogP contribution in [-0.4, -0.2) is 38.0 Å². The highest BCUT2D eigenvalue weighted by Crippen LogP contribution is 2.24. The molecule has 0 aromatic heterocycles. The van der Waals surface area contributed by atoms with Crippen LogP contribution in [-0.2, 0) is 19.7 Å². The molecule has 0 saturated heterocycles. The maximum Gasteiger partial charge on any atom is 0.325 e. The van der Waals surface area contributed by atoms with E-state index in [2.05, 4.69) is 31.4 Å². The number of carbonyl (C=O) groups excluding carboxylic acids is 3. The van der Waals surface area contributed by atoms with E-state index in [1.165, 1.54) is 0 Å². The van der Waals surface area contributed by atoms with E-state index in [0.29, 0.717) is 11.3 Å². The van der Waals surface area contributed by atoms with Crippen LogP contribution in [0.2, 0.25) is 0 Å². The van der Waals surface area contributed by atoms with E-state index in [-0.39, 0.29) is 23.9 Å². The molecule has 0 bridgehead atoms. The van der Waals surface area contributed by atoms with Crippen molar-refractivity contribution in [2.75, 3.05) is 20.3 Å². The molecule has 166 valence electrons. The van der Waals surface area contributed by atoms with Gasteiger partial charge in [0.1, 0.15) is 12.3 Å². The number of methoxy groups -OCH3 is 1. The average molecular weight is 427 g/mol. The largest absolute Gasteiger partial charge is 0.496 e. The van der Waals surface area contributed by atoms with E-state index in [9.17, 15) is 14.4 Å². The van der Waals surface area contributed by atoms with E-state index in [4.69, 9.17) is 9.47 Å². The highest BCUT2D eigenvalue weighted by atomic mass is 16.5. The molecule has 0 aliphatic rings. The van der Waals surface area contributed by atoms with E-state index in [1.54, 1.807) is 25.3 Å². The summed E-state index contributed by atoms with van der Waals surface area (Å²) in [4.78, 5) is 36.2. The number of rotatable bonds is 8. The summed E-state index contributed by atoms with van der Waals surface area (Å²) in [5, 5.41) is 5.25. The smallest absolute Gasteiger partial charge is 0.325 e. The quantitative estimate of drug-likeness (QED) is 0.633. The fourth-order valence-electron chi connectivity index (χ4n) is 2.96. The van der Waals surface area contributed by atoms with Crippen molar-refractivity contribution in [1.29, 1.82) is 0 Å². The van der Waals surface area contributed by atoms with Crippen molar-refractivity contribution >= 4 is 17.8 Å². The third-order valence-electron chi connectivity index (χ3n) is 4.75. The van der Waals surface area contributed by atoms with Crippen LogP contribution in [0, 0.1) is 0 Å². The number of benzene rings is 2. The predicted octanol–water partition coefficient (Wildman–Crippen LogP) is 3.14. The van der Waals surface area contributed by atoms with Gasteiger partial charge in [-0.05, 0) is 36.1 Å². The molecule has 2 N–H and O–H groups in total. The van der Waals surface area contributed by atoms with Crippen molar-refractivity contribution in [3.63, 3.8) is 0 Å². The number of esters is 1. The fraction of sp³-hybridized carbons (Fsp3) is 0.375. The Kier molecular flexibility index (Phi) is 8.19. The summed E-state index contributed by atoms with van der Waals surface area (Å²) < 4.78 is 10.2. The predicted molar refractivity (Wildman–Crippen MR) is 118 cm³/mol. The van der Waals surface area contributed by atoms with Gasteiger partial charge in [0.05, 0.1) is 13.2 Å². The fourth-order valence-corrected chi connectivity index (χ4v) is 2.96. The van der Waals surface area contributed by atoms with Crippen LogP contribution in [0.4, 0.5) is 0 Å². The Bertz CT molecular complexity index is 916. The molecule has 7 heteroatoms. The number of carbonyl (C=O) groups is 3. The van der Waals surface area contributed by atoms with Crippen LogP contribution in [0.5, 0.6) is 5.75 Å². The Balaban J connectivity index is 1.77. The summed E-state index contributed by atoms with van der Waals surface area (Å²) in [6.07, 6.45) is 0. The topological polar surface area (TPSA) is 93.7 Å². The lowest BCUT2D eigenvalue weighted by Crippen LogP contribution is -2.34. The average Bonchev–Trinajstić information content (AvgIpc) is 2.75. The highest BCUT2D eigenvalue weighted by molar-refractivity contribution is 5.96. The maximum atomic E-state index is 12.2. The van der Waals surface area contributed by atoms with Gasteiger partial charge in [0.2, 0.25) is 0 Å². The lowest BCUT2D eigenvalue weighted by atomic mass is 9.87. The summed E-state index contributed by atoms with van der Waals surface area (Å²) in [6, 6.07) is 14.2. The molecule has 1 unspecified atom stereocenters. The standard InChI is InChI=1S/C24H30N2O5/c1-16(19-8-6-7-9-20(19)30-5)26-21(27)15-31-22(28)14-25-23(29)17-10-12-18(13-11-17)24(2,3)4/h6-13,16H,14-15H2,1-5H3,(H,25,29)(H,26,27). The normalized spacial score (nSPS) is 11.9. The number of nitrogens with one attached hydrogen (secondary N) is 2. The van der Waals surface area contributed by atoms with Gasteiger partial charge in [0, 0.05) is 11.1 Å². The Morgan fingerprint density at radius 2 is 1.65 bits per heavy atom. The minimum Gasteiger partial charge on any atom is -0.496 e. The van der Waals surface area contributed by atoms with Gasteiger partial charge in [0.15, 0.2) is 6.61 Å². The van der Waals surface area contributed by atoms with E-state index < -0.39 is 18.5 Å². The zero-order valence-corrected chi connectivity index (χ0v) is 18.7. The molecule has 0 heterocycles. The molecule has 1 atom stereocenters. The Hall–Kier alpha value is -3.35. The first-order valence-corrected chi connectivity index (χ1v) is 10.1. The molecule has 7 nitrogen and oxygen atoms in total. The molecule has 2 aromatic rings. The lowest BCUT2D eigenvalue weighted by molar-refractivity contribution is -0.147. The number of ether oxygens (including phenoxy) is 2. The first-order valence-electron chi connectivity index (χ1n) is 10.1. The second-order valence-electron chi connectivity index (χ2n) is 8.20. The molecular formula is C24H30N2O5. The second kappa shape index (κ2) is 10.6. The lowest BCUT2D eigenvalue weighted by Gasteiger charge is -2.19. The number of hydrogen-bond donors (Lipinski definition) is 2. The minimum absolute atomic E-state index is 0.0114. The number of para-hydroxylation sites is 1. The van der Waals surface area contributed by atoms with Gasteiger partial charge < -0.3 is 20.1 Å². The van der Waals surface area contributed by atoms with Crippen molar-refractivity contribution in [3.05, 3.63) is 65.2 Å². The van der Waals surface area contributed by atoms with Gasteiger partial charge in [-0.1, -0.05) is 51.1 Å². The van der Waals surface area contributed by atoms with Crippen LogP contribution in [0.25, 0.3) is 0 Å². The Morgan fingerprint density at radius 1 is 1.00 bits per heavy atom. The molecule has 0 aliphatic heterocycles. The summed E-state index contributed by atoms with van der Waals surface area (Å²) in [5.74, 6) is -0.868. The van der Waals surface area contributed by atoms with Crippen LogP contribution < -0.4 is 15.4 Å². The molecule has 31 heavy (non-hydrogen) atoms. The second-order valence-corrected chi connectivity index (χ2v) is 8.20. The van der Waals surface area contributed by atoms with Crippen LogP contribution >= 0.6 is 0 Å². The molecule has 0 spiro atoms. The van der Waals surface area contributed by atoms with Gasteiger partial charge in [0.25, 0.3) is 11.8 Å². The molecule has 0 aliphatic carbocycles. The van der Waals surface area contributed by atoms with E-state index >= 15 is 0 Å². The molecule has 0 fully saturated rings. The van der Waals surface area contributed by atoms with Crippen molar-refractivity contribution in [1.82, 2.24) is 10.6 Å². The first kappa shape index (κ1) is 23.9. The van der Waals surface area contributed by atoms with Gasteiger partial charge >= 0.3 is 5.97 Å². The molecule has 2 rings (SSSR count). The summed E-state index contributed by atoms with van der Waals surface area (Å²) in [6.45, 7) is 7.31. The monoisotopic (exact) mass is 426 g/mol. The Labute approximate surface area is 183 Å². The number of hydrogen-bond acceptors (Lipinski definition) is 5. The van der Waals surface area contributed by atoms with Crippen molar-refractivity contribution in [3.8, 4) is 5.75 Å². The van der Waals surface area contributed by atoms with Gasteiger partial charge in [-0.3, -0.25) is 14.4 Å². The zero-order valence-electron chi connectivity index (χ0n) is 18.7. The van der Waals surface area contributed by atoms with Crippen molar-refractivity contribution in [2.24, 2.45) is 0 Å². The van der Waals surface area contributed by atoms with Gasteiger partial charge in [-0.25, -0.2) is 0 Å².